The van der Waals surface area contributed by atoms with Gasteiger partial charge in [0, 0.05) is 6.21 Å². The number of hydrogen-bond acceptors (Lipinski definition) is 4. The lowest BCUT2D eigenvalue weighted by molar-refractivity contribution is 0.416. The summed E-state index contributed by atoms with van der Waals surface area (Å²) in [6, 6.07) is 17.0. The Balaban J connectivity index is 2.01. The van der Waals surface area contributed by atoms with E-state index in [0.717, 1.165) is 11.0 Å². The van der Waals surface area contributed by atoms with Gasteiger partial charge in [-0.1, -0.05) is 24.3 Å². The first-order chi connectivity index (χ1) is 13.2. The first kappa shape index (κ1) is 16.6. The van der Waals surface area contributed by atoms with Gasteiger partial charge in [0.15, 0.2) is 0 Å². The Morgan fingerprint density at radius 2 is 1.93 bits per heavy atom. The number of nitrogens with zero attached hydrogens (tertiary/aromatic N) is 3. The Bertz CT molecular complexity index is 1310. The summed E-state index contributed by atoms with van der Waals surface area (Å²) in [6.45, 7) is 1.76. The summed E-state index contributed by atoms with van der Waals surface area (Å²) in [5.74, 6) is 0.611. The van der Waals surface area contributed by atoms with Crippen molar-refractivity contribution in [1.29, 1.82) is 5.26 Å². The second-order valence-electron chi connectivity index (χ2n) is 6.09. The van der Waals surface area contributed by atoms with Crippen molar-refractivity contribution in [3.63, 3.8) is 0 Å². The molecule has 0 saturated heterocycles. The zero-order chi connectivity index (χ0) is 19.0. The summed E-state index contributed by atoms with van der Waals surface area (Å²) in [5.41, 5.74) is 3.79. The summed E-state index contributed by atoms with van der Waals surface area (Å²) < 4.78 is 6.83. The third-order valence-corrected chi connectivity index (χ3v) is 4.60. The highest BCUT2D eigenvalue weighted by Crippen LogP contribution is 2.26. The first-order valence-corrected chi connectivity index (χ1v) is 8.39. The number of nitriles is 1. The van der Waals surface area contributed by atoms with Gasteiger partial charge in [0.05, 0.1) is 29.3 Å². The standard InChI is InChI=1S/C21H16N4O2/c1-13-14(11-22)20-24-16-7-3-5-9-18(16)25(20)21(26)15(13)12-23-17-8-4-6-10-19(17)27-2/h3-10,12,24H,1-2H3. The van der Waals surface area contributed by atoms with Crippen LogP contribution in [0.1, 0.15) is 16.7 Å². The van der Waals surface area contributed by atoms with Gasteiger partial charge in [-0.3, -0.25) is 14.2 Å². The predicted molar refractivity (Wildman–Crippen MR) is 105 cm³/mol. The highest BCUT2D eigenvalue weighted by Gasteiger charge is 2.17. The first-order valence-electron chi connectivity index (χ1n) is 8.39. The van der Waals surface area contributed by atoms with Gasteiger partial charge in [0.2, 0.25) is 0 Å². The van der Waals surface area contributed by atoms with Crippen LogP contribution in [-0.4, -0.2) is 22.7 Å². The number of pyridine rings is 1. The molecule has 2 aromatic heterocycles. The lowest BCUT2D eigenvalue weighted by Gasteiger charge is -2.06. The van der Waals surface area contributed by atoms with Gasteiger partial charge >= 0.3 is 0 Å². The Hall–Kier alpha value is -3.85. The smallest absolute Gasteiger partial charge is 0.265 e. The van der Waals surface area contributed by atoms with Crippen molar-refractivity contribution in [2.24, 2.45) is 4.99 Å². The molecule has 6 heteroatoms. The Kier molecular flexibility index (Phi) is 3.98. The number of hydrogen-bond donors (Lipinski definition) is 1. The summed E-state index contributed by atoms with van der Waals surface area (Å²) in [7, 11) is 1.57. The highest BCUT2D eigenvalue weighted by molar-refractivity contribution is 5.89. The number of aliphatic imine (C=N–C) groups is 1. The van der Waals surface area contributed by atoms with Crippen LogP contribution in [0.4, 0.5) is 5.69 Å². The number of aromatic amines is 1. The fourth-order valence-electron chi connectivity index (χ4n) is 3.22. The van der Waals surface area contributed by atoms with Crippen molar-refractivity contribution >= 4 is 28.6 Å². The van der Waals surface area contributed by atoms with E-state index >= 15 is 0 Å². The monoisotopic (exact) mass is 356 g/mol. The molecule has 132 valence electrons. The van der Waals surface area contributed by atoms with Crippen LogP contribution in [0.15, 0.2) is 58.3 Å². The molecule has 0 spiro atoms. The second-order valence-corrected chi connectivity index (χ2v) is 6.09. The molecule has 0 radical (unpaired) electrons. The zero-order valence-corrected chi connectivity index (χ0v) is 14.9. The van der Waals surface area contributed by atoms with Crippen molar-refractivity contribution in [3.05, 3.63) is 75.6 Å². The molecular weight excluding hydrogens is 340 g/mol. The van der Waals surface area contributed by atoms with E-state index in [0.29, 0.717) is 33.8 Å². The third-order valence-electron chi connectivity index (χ3n) is 4.60. The quantitative estimate of drug-likeness (QED) is 0.568. The van der Waals surface area contributed by atoms with Crippen LogP contribution in [0.3, 0.4) is 0 Å². The molecule has 0 aliphatic carbocycles. The van der Waals surface area contributed by atoms with Crippen molar-refractivity contribution in [1.82, 2.24) is 9.38 Å². The van der Waals surface area contributed by atoms with E-state index in [1.54, 1.807) is 26.2 Å². The summed E-state index contributed by atoms with van der Waals surface area (Å²) in [4.78, 5) is 20.8. The van der Waals surface area contributed by atoms with Gasteiger partial charge in [-0.25, -0.2) is 0 Å². The van der Waals surface area contributed by atoms with Gasteiger partial charge in [-0.15, -0.1) is 0 Å². The minimum atomic E-state index is -0.224. The van der Waals surface area contributed by atoms with Crippen LogP contribution in [0.2, 0.25) is 0 Å². The normalized spacial score (nSPS) is 11.3. The van der Waals surface area contributed by atoms with Crippen LogP contribution in [0.5, 0.6) is 5.75 Å². The minimum Gasteiger partial charge on any atom is -0.494 e. The largest absolute Gasteiger partial charge is 0.494 e. The van der Waals surface area contributed by atoms with Crippen molar-refractivity contribution in [3.8, 4) is 11.8 Å². The second kappa shape index (κ2) is 6.46. The molecule has 2 aromatic carbocycles. The van der Waals surface area contributed by atoms with Gasteiger partial charge in [-0.05, 0) is 36.8 Å². The zero-order valence-electron chi connectivity index (χ0n) is 14.9. The third kappa shape index (κ3) is 2.57. The molecule has 2 heterocycles. The van der Waals surface area contributed by atoms with Crippen molar-refractivity contribution in [2.75, 3.05) is 7.11 Å². The molecule has 27 heavy (non-hydrogen) atoms. The molecule has 0 saturated carbocycles. The van der Waals surface area contributed by atoms with E-state index in [9.17, 15) is 10.1 Å². The maximum absolute atomic E-state index is 13.2. The van der Waals surface area contributed by atoms with Crippen LogP contribution < -0.4 is 10.3 Å². The molecule has 0 aliphatic rings. The van der Waals surface area contributed by atoms with Gasteiger partial charge in [0.1, 0.15) is 23.2 Å². The number of rotatable bonds is 3. The van der Waals surface area contributed by atoms with E-state index in [1.807, 2.05) is 36.4 Å². The number of H-pyrrole nitrogens is 1. The fraction of sp³-hybridized carbons (Fsp3) is 0.0952. The highest BCUT2D eigenvalue weighted by atomic mass is 16.5. The topological polar surface area (TPSA) is 82.7 Å². The molecular formula is C21H16N4O2. The Morgan fingerprint density at radius 1 is 1.19 bits per heavy atom. The van der Waals surface area contributed by atoms with Crippen LogP contribution in [0, 0.1) is 18.3 Å². The van der Waals surface area contributed by atoms with Gasteiger partial charge < -0.3 is 9.72 Å². The summed E-state index contributed by atoms with van der Waals surface area (Å²) in [5, 5.41) is 9.67. The van der Waals surface area contributed by atoms with Gasteiger partial charge in [-0.2, -0.15) is 5.26 Å². The van der Waals surface area contributed by atoms with Gasteiger partial charge in [0.25, 0.3) is 5.56 Å². The van der Waals surface area contributed by atoms with Crippen LogP contribution in [0.25, 0.3) is 16.7 Å². The molecule has 0 aliphatic heterocycles. The number of benzene rings is 2. The molecule has 4 aromatic rings. The Labute approximate surface area is 155 Å². The van der Waals surface area contributed by atoms with Crippen LogP contribution >= 0.6 is 0 Å². The maximum Gasteiger partial charge on any atom is 0.265 e. The number of methoxy groups -OCH3 is 1. The van der Waals surface area contributed by atoms with E-state index in [-0.39, 0.29) is 5.56 Å². The van der Waals surface area contributed by atoms with E-state index in [1.165, 1.54) is 10.6 Å². The molecule has 0 amide bonds. The fourth-order valence-corrected chi connectivity index (χ4v) is 3.22. The number of nitrogens with one attached hydrogen (secondary N) is 1. The number of imidazole rings is 1. The maximum atomic E-state index is 13.2. The predicted octanol–water partition coefficient (Wildman–Crippen LogP) is 3.72. The molecule has 1 N–H and O–H groups in total. The molecule has 0 atom stereocenters. The lowest BCUT2D eigenvalue weighted by atomic mass is 10.1. The number of aromatic nitrogens is 2. The lowest BCUT2D eigenvalue weighted by Crippen LogP contribution is -2.20. The van der Waals surface area contributed by atoms with Crippen molar-refractivity contribution < 1.29 is 4.74 Å². The summed E-state index contributed by atoms with van der Waals surface area (Å²) in [6.07, 6.45) is 1.50. The SMILES string of the molecule is COc1ccccc1N=Cc1c(C)c(C#N)c2[nH]c3ccccc3n2c1=O. The molecule has 0 unspecified atom stereocenters. The molecule has 0 bridgehead atoms. The number of para-hydroxylation sites is 4. The van der Waals surface area contributed by atoms with E-state index in [2.05, 4.69) is 16.0 Å². The number of fused-ring (bicyclic) bond motifs is 3. The van der Waals surface area contributed by atoms with Crippen LogP contribution in [-0.2, 0) is 0 Å². The minimum absolute atomic E-state index is 0.224. The number of ether oxygens (including phenoxy) is 1. The summed E-state index contributed by atoms with van der Waals surface area (Å²) >= 11 is 0. The van der Waals surface area contributed by atoms with E-state index in [4.69, 9.17) is 4.74 Å². The Morgan fingerprint density at radius 3 is 2.70 bits per heavy atom. The molecule has 4 rings (SSSR count). The molecule has 0 fully saturated rings. The average molecular weight is 356 g/mol. The van der Waals surface area contributed by atoms with E-state index < -0.39 is 0 Å². The molecule has 6 nitrogen and oxygen atoms in total. The average Bonchev–Trinajstić information content (AvgIpc) is 3.08. The van der Waals surface area contributed by atoms with Crippen molar-refractivity contribution in [2.45, 2.75) is 6.92 Å².